The van der Waals surface area contributed by atoms with Crippen LogP contribution in [0, 0.1) is 5.41 Å². The van der Waals surface area contributed by atoms with Crippen LogP contribution in [-0.4, -0.2) is 54.3 Å². The highest BCUT2D eigenvalue weighted by Crippen LogP contribution is 2.38. The van der Waals surface area contributed by atoms with Gasteiger partial charge in [0.15, 0.2) is 0 Å². The molecule has 5 nitrogen and oxygen atoms in total. The second-order valence-corrected chi connectivity index (χ2v) is 8.53. The fraction of sp³-hybridized carbons (Fsp3) is 1.00. The molecule has 0 aromatic carbocycles. The van der Waals surface area contributed by atoms with Crippen LogP contribution in [0.3, 0.4) is 0 Å². The van der Waals surface area contributed by atoms with Crippen molar-refractivity contribution >= 4 is 19.7 Å². The molecule has 21 heavy (non-hydrogen) atoms. The number of hydrogen-bond donors (Lipinski definition) is 0. The first-order valence-electron chi connectivity index (χ1n) is 7.54. The van der Waals surface area contributed by atoms with Gasteiger partial charge in [-0.25, -0.2) is 8.42 Å². The summed E-state index contributed by atoms with van der Waals surface area (Å²) in [5.41, 5.74) is -0.311. The highest BCUT2D eigenvalue weighted by molar-refractivity contribution is 8.13. The van der Waals surface area contributed by atoms with Crippen molar-refractivity contribution in [2.45, 2.75) is 38.5 Å². The minimum Gasteiger partial charge on any atom is -0.385 e. The van der Waals surface area contributed by atoms with Crippen LogP contribution < -0.4 is 0 Å². The fourth-order valence-electron chi connectivity index (χ4n) is 2.81. The van der Waals surface area contributed by atoms with E-state index in [0.717, 1.165) is 38.5 Å². The Morgan fingerprint density at radius 1 is 1.00 bits per heavy atom. The van der Waals surface area contributed by atoms with Gasteiger partial charge in [0.05, 0.1) is 25.6 Å². The van der Waals surface area contributed by atoms with E-state index in [1.807, 2.05) is 0 Å². The lowest BCUT2D eigenvalue weighted by atomic mass is 9.76. The van der Waals surface area contributed by atoms with Gasteiger partial charge in [-0.3, -0.25) is 0 Å². The van der Waals surface area contributed by atoms with Crippen molar-refractivity contribution in [2.24, 2.45) is 5.41 Å². The first-order valence-corrected chi connectivity index (χ1v) is 10.0. The average Bonchev–Trinajstić information content (AvgIpc) is 2.41. The van der Waals surface area contributed by atoms with Gasteiger partial charge in [-0.05, 0) is 19.3 Å². The zero-order valence-corrected chi connectivity index (χ0v) is 14.4. The van der Waals surface area contributed by atoms with Gasteiger partial charge in [0.25, 0.3) is 0 Å². The maximum atomic E-state index is 11.4. The van der Waals surface area contributed by atoms with Crippen LogP contribution in [0.1, 0.15) is 38.5 Å². The zero-order chi connectivity index (χ0) is 15.6. The van der Waals surface area contributed by atoms with E-state index in [4.69, 9.17) is 24.9 Å². The summed E-state index contributed by atoms with van der Waals surface area (Å²) in [6.07, 6.45) is 5.85. The van der Waals surface area contributed by atoms with Crippen molar-refractivity contribution < 1.29 is 22.6 Å². The van der Waals surface area contributed by atoms with Crippen LogP contribution in [0.4, 0.5) is 0 Å². The Bertz CT molecular complexity index is 366. The Balaban J connectivity index is 2.24. The van der Waals surface area contributed by atoms with Gasteiger partial charge < -0.3 is 14.2 Å². The molecule has 1 rings (SSSR count). The van der Waals surface area contributed by atoms with E-state index in [2.05, 4.69) is 0 Å². The molecule has 0 aliphatic heterocycles. The predicted octanol–water partition coefficient (Wildman–Crippen LogP) is 2.58. The number of methoxy groups -OCH3 is 1. The van der Waals surface area contributed by atoms with Crippen molar-refractivity contribution in [1.82, 2.24) is 0 Å². The lowest BCUT2D eigenvalue weighted by Gasteiger charge is -2.35. The topological polar surface area (TPSA) is 61.8 Å². The average molecular weight is 343 g/mol. The molecule has 1 aliphatic carbocycles. The third-order valence-electron chi connectivity index (χ3n) is 3.81. The normalized spacial score (nSPS) is 18.8. The Kier molecular flexibility index (Phi) is 9.13. The maximum Gasteiger partial charge on any atom is 0.233 e. The SMILES string of the molecule is COCCCOCCOCC1(CS(=O)(=O)Cl)CCCCC1. The molecule has 1 fully saturated rings. The number of halogens is 1. The fourth-order valence-corrected chi connectivity index (χ4v) is 4.61. The molecule has 0 aromatic heterocycles. The molecule has 7 heteroatoms. The van der Waals surface area contributed by atoms with E-state index in [1.165, 1.54) is 0 Å². The number of ether oxygens (including phenoxy) is 3. The van der Waals surface area contributed by atoms with E-state index < -0.39 is 9.05 Å². The second-order valence-electron chi connectivity index (χ2n) is 5.76. The van der Waals surface area contributed by atoms with E-state index >= 15 is 0 Å². The molecule has 0 atom stereocenters. The molecule has 1 saturated carbocycles. The largest absolute Gasteiger partial charge is 0.385 e. The summed E-state index contributed by atoms with van der Waals surface area (Å²) >= 11 is 0. The van der Waals surface area contributed by atoms with E-state index in [0.29, 0.717) is 33.0 Å². The second kappa shape index (κ2) is 10.0. The first kappa shape index (κ1) is 19.2. The van der Waals surface area contributed by atoms with Crippen molar-refractivity contribution in [3.63, 3.8) is 0 Å². The molecule has 0 amide bonds. The maximum absolute atomic E-state index is 11.4. The molecule has 0 unspecified atom stereocenters. The first-order chi connectivity index (χ1) is 9.97. The quantitative estimate of drug-likeness (QED) is 0.426. The minimum atomic E-state index is -3.49. The Morgan fingerprint density at radius 2 is 1.67 bits per heavy atom. The molecule has 1 aliphatic rings. The third kappa shape index (κ3) is 8.98. The molecule has 0 saturated heterocycles. The number of hydrogen-bond acceptors (Lipinski definition) is 5. The molecule has 0 spiro atoms. The van der Waals surface area contributed by atoms with E-state index in [-0.39, 0.29) is 11.2 Å². The molecule has 0 aromatic rings. The van der Waals surface area contributed by atoms with Gasteiger partial charge in [0.1, 0.15) is 0 Å². The van der Waals surface area contributed by atoms with Gasteiger partial charge in [-0.1, -0.05) is 19.3 Å². The summed E-state index contributed by atoms with van der Waals surface area (Å²) in [7, 11) is 3.62. The van der Waals surface area contributed by atoms with Crippen LogP contribution in [0.2, 0.25) is 0 Å². The van der Waals surface area contributed by atoms with Crippen LogP contribution in [0.15, 0.2) is 0 Å². The van der Waals surface area contributed by atoms with Crippen LogP contribution in [-0.2, 0) is 23.3 Å². The van der Waals surface area contributed by atoms with Gasteiger partial charge >= 0.3 is 0 Å². The molecular weight excluding hydrogens is 316 g/mol. The zero-order valence-electron chi connectivity index (χ0n) is 12.8. The van der Waals surface area contributed by atoms with Gasteiger partial charge in [-0.15, -0.1) is 0 Å². The number of rotatable bonds is 11. The summed E-state index contributed by atoms with van der Waals surface area (Å²) < 4.78 is 38.8. The van der Waals surface area contributed by atoms with E-state index in [9.17, 15) is 8.42 Å². The lowest BCUT2D eigenvalue weighted by Crippen LogP contribution is -2.36. The van der Waals surface area contributed by atoms with Crippen molar-refractivity contribution in [1.29, 1.82) is 0 Å². The summed E-state index contributed by atoms with van der Waals surface area (Å²) in [6, 6.07) is 0. The smallest absolute Gasteiger partial charge is 0.233 e. The molecule has 0 radical (unpaired) electrons. The van der Waals surface area contributed by atoms with Gasteiger partial charge in [0.2, 0.25) is 9.05 Å². The summed E-state index contributed by atoms with van der Waals surface area (Å²) in [6.45, 7) is 2.79. The summed E-state index contributed by atoms with van der Waals surface area (Å²) in [5, 5.41) is 0. The van der Waals surface area contributed by atoms with Crippen LogP contribution >= 0.6 is 10.7 Å². The Labute approximate surface area is 132 Å². The molecule has 0 heterocycles. The highest BCUT2D eigenvalue weighted by atomic mass is 35.7. The summed E-state index contributed by atoms with van der Waals surface area (Å²) in [4.78, 5) is 0. The van der Waals surface area contributed by atoms with Gasteiger partial charge in [0, 0.05) is 36.4 Å². The standard InChI is InChI=1S/C14H27ClO5S/c1-18-8-5-9-19-10-11-20-12-14(13-21(15,16)17)6-3-2-4-7-14/h2-13H2,1H3. The van der Waals surface area contributed by atoms with Crippen molar-refractivity contribution in [2.75, 3.05) is 45.9 Å². The Hall–Kier alpha value is 0.120. The van der Waals surface area contributed by atoms with Gasteiger partial charge in [-0.2, -0.15) is 0 Å². The monoisotopic (exact) mass is 342 g/mol. The van der Waals surface area contributed by atoms with Crippen molar-refractivity contribution in [3.8, 4) is 0 Å². The lowest BCUT2D eigenvalue weighted by molar-refractivity contribution is -0.00339. The summed E-state index contributed by atoms with van der Waals surface area (Å²) in [5.74, 6) is 0.0102. The molecule has 126 valence electrons. The van der Waals surface area contributed by atoms with Crippen molar-refractivity contribution in [3.05, 3.63) is 0 Å². The molecule has 0 N–H and O–H groups in total. The Morgan fingerprint density at radius 3 is 2.29 bits per heavy atom. The highest BCUT2D eigenvalue weighted by Gasteiger charge is 2.36. The van der Waals surface area contributed by atoms with E-state index in [1.54, 1.807) is 7.11 Å². The third-order valence-corrected chi connectivity index (χ3v) is 5.09. The minimum absolute atomic E-state index is 0.0102. The van der Waals surface area contributed by atoms with Crippen LogP contribution in [0.5, 0.6) is 0 Å². The predicted molar refractivity (Wildman–Crippen MR) is 83.3 cm³/mol. The molecular formula is C14H27ClO5S. The molecule has 0 bridgehead atoms. The van der Waals surface area contributed by atoms with Crippen LogP contribution in [0.25, 0.3) is 0 Å².